The molecule has 0 aliphatic carbocycles. The third-order valence-electron chi connectivity index (χ3n) is 10.2. The summed E-state index contributed by atoms with van der Waals surface area (Å²) >= 11 is 3.39. The van der Waals surface area contributed by atoms with E-state index in [1.165, 1.54) is 0 Å². The average Bonchev–Trinajstić information content (AvgIpc) is 3.73. The maximum Gasteiger partial charge on any atom is 0.228 e. The Hall–Kier alpha value is -5.83. The first-order chi connectivity index (χ1) is 27.3. The number of fused-ring (bicyclic) bond motifs is 2. The van der Waals surface area contributed by atoms with Crippen LogP contribution in [0.4, 0.5) is 8.78 Å². The van der Waals surface area contributed by atoms with Crippen molar-refractivity contribution in [1.82, 2.24) is 9.55 Å². The van der Waals surface area contributed by atoms with Gasteiger partial charge >= 0.3 is 0 Å². The van der Waals surface area contributed by atoms with E-state index in [2.05, 4.69) is 93.3 Å². The zero-order valence-electron chi connectivity index (χ0n) is 31.0. The van der Waals surface area contributed by atoms with Crippen molar-refractivity contribution in [3.8, 4) is 11.5 Å². The minimum atomic E-state index is -1.37. The summed E-state index contributed by atoms with van der Waals surface area (Å²) in [6.07, 6.45) is 3.81. The predicted molar refractivity (Wildman–Crippen MR) is 223 cm³/mol. The van der Waals surface area contributed by atoms with Gasteiger partial charge in [0.25, 0.3) is 0 Å². The van der Waals surface area contributed by atoms with Gasteiger partial charge in [-0.3, -0.25) is 0 Å². The van der Waals surface area contributed by atoms with Gasteiger partial charge in [-0.05, 0) is 92.2 Å². The topological polar surface area (TPSA) is 56.5 Å². The lowest BCUT2D eigenvalue weighted by Gasteiger charge is -2.37. The van der Waals surface area contributed by atoms with Crippen molar-refractivity contribution >= 4 is 37.5 Å². The number of imidazole rings is 1. The molecule has 8 rings (SSSR count). The van der Waals surface area contributed by atoms with Crippen molar-refractivity contribution in [3.05, 3.63) is 209 Å². The van der Waals surface area contributed by atoms with Gasteiger partial charge < -0.3 is 19.1 Å². The van der Waals surface area contributed by atoms with Crippen LogP contribution in [0.5, 0.6) is 11.5 Å². The molecule has 1 N–H and O–H groups in total. The van der Waals surface area contributed by atoms with Crippen LogP contribution >= 0.6 is 15.9 Å². The third kappa shape index (κ3) is 7.55. The standard InChI is InChI=1S/C37H33FN2O2.C11H8BrFO/c1-27(2)37(41,33-20-18-29-23-34(42-25-38)21-19-28(29)22-33)35-24-40(26-39-35)36(30-12-6-3-7-13-30,31-14-8-4-9-15-31)32-16-10-5-11-17-32;12-10-3-1-9-6-11(14-7-13)4-2-8(9)5-10/h3-24,26-27,41H,25H2,1-2H3;1-6H,7H2. The van der Waals surface area contributed by atoms with Gasteiger partial charge in [-0.1, -0.05) is 151 Å². The predicted octanol–water partition coefficient (Wildman–Crippen LogP) is 12.0. The average molecular weight is 812 g/mol. The van der Waals surface area contributed by atoms with Crippen LogP contribution < -0.4 is 9.47 Å². The quantitative estimate of drug-likeness (QED) is 0.132. The molecule has 282 valence electrons. The van der Waals surface area contributed by atoms with Crippen LogP contribution in [0.15, 0.2) is 181 Å². The van der Waals surface area contributed by atoms with E-state index < -0.39 is 24.9 Å². The van der Waals surface area contributed by atoms with Gasteiger partial charge in [0.05, 0.1) is 12.0 Å². The molecule has 0 aliphatic heterocycles. The van der Waals surface area contributed by atoms with E-state index in [9.17, 15) is 13.9 Å². The number of aliphatic hydroxyl groups is 1. The maximum atomic E-state index is 12.7. The highest BCUT2D eigenvalue weighted by atomic mass is 79.9. The van der Waals surface area contributed by atoms with Gasteiger partial charge in [0.15, 0.2) is 0 Å². The third-order valence-corrected chi connectivity index (χ3v) is 10.7. The molecular weight excluding hydrogens is 770 g/mol. The van der Waals surface area contributed by atoms with E-state index in [4.69, 9.17) is 14.5 Å². The fourth-order valence-electron chi connectivity index (χ4n) is 7.43. The molecule has 0 spiro atoms. The van der Waals surface area contributed by atoms with Gasteiger partial charge in [0.1, 0.15) is 22.6 Å². The van der Waals surface area contributed by atoms with Gasteiger partial charge in [0.2, 0.25) is 13.7 Å². The van der Waals surface area contributed by atoms with Crippen LogP contribution in [0.3, 0.4) is 0 Å². The number of ether oxygens (including phenoxy) is 2. The molecule has 0 fully saturated rings. The van der Waals surface area contributed by atoms with E-state index in [-0.39, 0.29) is 5.92 Å². The normalized spacial score (nSPS) is 12.6. The van der Waals surface area contributed by atoms with Crippen LogP contribution in [-0.2, 0) is 11.1 Å². The first-order valence-corrected chi connectivity index (χ1v) is 19.1. The van der Waals surface area contributed by atoms with Crippen molar-refractivity contribution in [1.29, 1.82) is 0 Å². The molecule has 1 aromatic heterocycles. The van der Waals surface area contributed by atoms with E-state index >= 15 is 0 Å². The maximum absolute atomic E-state index is 12.7. The molecule has 1 heterocycles. The molecule has 0 saturated carbocycles. The molecule has 5 nitrogen and oxygen atoms in total. The van der Waals surface area contributed by atoms with E-state index in [0.717, 1.165) is 48.3 Å². The number of benzene rings is 7. The van der Waals surface area contributed by atoms with E-state index in [1.807, 2.05) is 99.2 Å². The molecule has 0 radical (unpaired) electrons. The number of alkyl halides is 2. The molecule has 0 saturated heterocycles. The number of halogens is 3. The molecule has 8 heteroatoms. The van der Waals surface area contributed by atoms with Crippen molar-refractivity contribution in [3.63, 3.8) is 0 Å². The Morgan fingerprint density at radius 3 is 1.52 bits per heavy atom. The van der Waals surface area contributed by atoms with Crippen LogP contribution in [0.25, 0.3) is 21.5 Å². The van der Waals surface area contributed by atoms with Crippen LogP contribution in [0.1, 0.15) is 41.8 Å². The van der Waals surface area contributed by atoms with Gasteiger partial charge in [-0.15, -0.1) is 0 Å². The van der Waals surface area contributed by atoms with Crippen LogP contribution in [0.2, 0.25) is 0 Å². The Balaban J connectivity index is 0.000000288. The fraction of sp³-hybridized carbons (Fsp3) is 0.146. The molecule has 7 aromatic carbocycles. The van der Waals surface area contributed by atoms with Crippen molar-refractivity contribution in [2.24, 2.45) is 5.92 Å². The lowest BCUT2D eigenvalue weighted by molar-refractivity contribution is 0.0279. The van der Waals surface area contributed by atoms with Gasteiger partial charge in [-0.2, -0.15) is 0 Å². The molecule has 56 heavy (non-hydrogen) atoms. The highest BCUT2D eigenvalue weighted by molar-refractivity contribution is 9.10. The molecular formula is C48H41BrF2N2O3. The zero-order chi connectivity index (χ0) is 39.1. The first-order valence-electron chi connectivity index (χ1n) is 18.3. The highest BCUT2D eigenvalue weighted by Crippen LogP contribution is 2.43. The lowest BCUT2D eigenvalue weighted by atomic mass is 9.76. The zero-order valence-corrected chi connectivity index (χ0v) is 32.6. The molecule has 8 aromatic rings. The molecule has 1 unspecified atom stereocenters. The number of aromatic nitrogens is 2. The SMILES string of the molecule is CC(C)C(O)(c1ccc2cc(OCF)ccc2c1)c1cn(C(c2ccccc2)(c2ccccc2)c2ccccc2)cn1.FCOc1ccc2cc(Br)ccc2c1. The summed E-state index contributed by atoms with van der Waals surface area (Å²) in [6.45, 7) is 2.33. The smallest absolute Gasteiger partial charge is 0.228 e. The minimum Gasteiger partial charge on any atom is -0.463 e. The van der Waals surface area contributed by atoms with Crippen molar-refractivity contribution in [2.75, 3.05) is 13.7 Å². The van der Waals surface area contributed by atoms with Crippen molar-refractivity contribution in [2.45, 2.75) is 25.0 Å². The van der Waals surface area contributed by atoms with Crippen LogP contribution in [0, 0.1) is 5.92 Å². The summed E-state index contributed by atoms with van der Waals surface area (Å²) in [7, 11) is 0. The number of nitrogens with zero attached hydrogens (tertiary/aromatic N) is 2. The monoisotopic (exact) mass is 810 g/mol. The second-order valence-corrected chi connectivity index (χ2v) is 14.7. The van der Waals surface area contributed by atoms with Crippen molar-refractivity contribution < 1.29 is 23.4 Å². The summed E-state index contributed by atoms with van der Waals surface area (Å²) in [6, 6.07) is 53.9. The Morgan fingerprint density at radius 2 is 1.04 bits per heavy atom. The molecule has 0 amide bonds. The number of hydrogen-bond donors (Lipinski definition) is 1. The summed E-state index contributed by atoms with van der Waals surface area (Å²) in [5, 5.41) is 16.4. The second kappa shape index (κ2) is 16.9. The van der Waals surface area contributed by atoms with E-state index in [1.54, 1.807) is 18.2 Å². The van der Waals surface area contributed by atoms with Gasteiger partial charge in [-0.25, -0.2) is 13.8 Å². The van der Waals surface area contributed by atoms with Gasteiger partial charge in [0, 0.05) is 10.7 Å². The molecule has 0 bridgehead atoms. The lowest BCUT2D eigenvalue weighted by Crippen LogP contribution is -2.37. The summed E-state index contributed by atoms with van der Waals surface area (Å²) in [5.74, 6) is 0.837. The Kier molecular flexibility index (Phi) is 11.6. The molecule has 0 aliphatic rings. The largest absolute Gasteiger partial charge is 0.463 e. The second-order valence-electron chi connectivity index (χ2n) is 13.8. The summed E-state index contributed by atoms with van der Waals surface area (Å²) in [5.41, 5.74) is 2.43. The highest BCUT2D eigenvalue weighted by Gasteiger charge is 2.42. The fourth-order valence-corrected chi connectivity index (χ4v) is 7.81. The first kappa shape index (κ1) is 38.4. The number of rotatable bonds is 11. The Morgan fingerprint density at radius 1 is 0.589 bits per heavy atom. The van der Waals surface area contributed by atoms with E-state index in [0.29, 0.717) is 17.2 Å². The Labute approximate surface area is 333 Å². The molecule has 1 atom stereocenters. The van der Waals surface area contributed by atoms with Crippen LogP contribution in [-0.4, -0.2) is 28.4 Å². The summed E-state index contributed by atoms with van der Waals surface area (Å²) in [4.78, 5) is 4.90. The Bertz CT molecular complexity index is 2430. The summed E-state index contributed by atoms with van der Waals surface area (Å²) < 4.78 is 37.6. The minimum absolute atomic E-state index is 0.188. The number of hydrogen-bond acceptors (Lipinski definition) is 4.